The molecule has 1 aliphatic carbocycles. The number of nitrogens with zero attached hydrogens (tertiary/aromatic N) is 2. The van der Waals surface area contributed by atoms with E-state index >= 15 is 0 Å². The lowest BCUT2D eigenvalue weighted by molar-refractivity contribution is -0.120. The number of carbonyl (C=O) groups is 1. The van der Waals surface area contributed by atoms with Gasteiger partial charge in [0.2, 0.25) is 5.91 Å². The largest absolute Gasteiger partial charge is 0.355 e. The Morgan fingerprint density at radius 1 is 1.16 bits per heavy atom. The number of rotatable bonds is 2. The summed E-state index contributed by atoms with van der Waals surface area (Å²) in [5.74, 6) is 0.244. The van der Waals surface area contributed by atoms with Crippen LogP contribution in [0.3, 0.4) is 0 Å². The number of amides is 1. The molecule has 1 aromatic rings. The van der Waals surface area contributed by atoms with Gasteiger partial charge in [0.25, 0.3) is 0 Å². The van der Waals surface area contributed by atoms with Crippen LogP contribution in [0.25, 0.3) is 0 Å². The van der Waals surface area contributed by atoms with E-state index in [1.807, 2.05) is 18.0 Å². The second-order valence-corrected chi connectivity index (χ2v) is 5.66. The van der Waals surface area contributed by atoms with E-state index in [-0.39, 0.29) is 11.9 Å². The molecule has 1 heterocycles. The predicted molar refractivity (Wildman–Crippen MR) is 78.7 cm³/mol. The molecule has 1 fully saturated rings. The summed E-state index contributed by atoms with van der Waals surface area (Å²) < 4.78 is 0. The summed E-state index contributed by atoms with van der Waals surface area (Å²) in [4.78, 5) is 16.8. The molecule has 1 aliphatic heterocycles. The molecule has 0 spiro atoms. The molecule has 1 amide bonds. The average Bonchev–Trinajstić information content (AvgIpc) is 2.96. The molecule has 1 saturated carbocycles. The third-order valence-corrected chi connectivity index (χ3v) is 4.58. The van der Waals surface area contributed by atoms with Crippen LogP contribution >= 0.6 is 0 Å². The van der Waals surface area contributed by atoms with Crippen LogP contribution in [-0.4, -0.2) is 25.0 Å². The molecule has 0 aromatic heterocycles. The van der Waals surface area contributed by atoms with Gasteiger partial charge in [0, 0.05) is 13.1 Å². The Morgan fingerprint density at radius 2 is 1.79 bits per heavy atom. The monoisotopic (exact) mass is 258 g/mol. The molecule has 102 valence electrons. The van der Waals surface area contributed by atoms with Crippen molar-refractivity contribution in [1.29, 1.82) is 0 Å². The number of anilines is 2. The first-order chi connectivity index (χ1) is 9.24. The molecule has 0 saturated heterocycles. The first-order valence-corrected chi connectivity index (χ1v) is 7.39. The number of fused-ring (bicyclic) bond motifs is 1. The maximum atomic E-state index is 12.6. The highest BCUT2D eigenvalue weighted by molar-refractivity contribution is 6.05. The van der Waals surface area contributed by atoms with Gasteiger partial charge < -0.3 is 9.80 Å². The second-order valence-electron chi connectivity index (χ2n) is 5.66. The van der Waals surface area contributed by atoms with Gasteiger partial charge in [-0.1, -0.05) is 31.9 Å². The number of hydrogen-bond donors (Lipinski definition) is 0. The van der Waals surface area contributed by atoms with Crippen LogP contribution in [0.4, 0.5) is 11.4 Å². The van der Waals surface area contributed by atoms with E-state index in [1.165, 1.54) is 31.4 Å². The Hall–Kier alpha value is -1.51. The quantitative estimate of drug-likeness (QED) is 0.813. The van der Waals surface area contributed by atoms with E-state index in [9.17, 15) is 4.79 Å². The molecular formula is C16H22N2O. The number of hydrogen-bond acceptors (Lipinski definition) is 2. The Balaban J connectivity index is 2.07. The molecule has 3 heteroatoms. The lowest BCUT2D eigenvalue weighted by Gasteiger charge is -2.44. The lowest BCUT2D eigenvalue weighted by Crippen LogP contribution is -2.55. The SMILES string of the molecule is CC[C@@H]1C(=O)N(C)c2ccccc2N1C1CCCC1. The van der Waals surface area contributed by atoms with Gasteiger partial charge in [0.15, 0.2) is 0 Å². The van der Waals surface area contributed by atoms with Crippen molar-refractivity contribution in [3.63, 3.8) is 0 Å². The van der Waals surface area contributed by atoms with Gasteiger partial charge in [-0.2, -0.15) is 0 Å². The molecule has 0 N–H and O–H groups in total. The fourth-order valence-corrected chi connectivity index (χ4v) is 3.60. The van der Waals surface area contributed by atoms with E-state index in [1.54, 1.807) is 0 Å². The van der Waals surface area contributed by atoms with Crippen molar-refractivity contribution in [3.8, 4) is 0 Å². The third-order valence-electron chi connectivity index (χ3n) is 4.58. The highest BCUT2D eigenvalue weighted by Gasteiger charge is 2.39. The summed E-state index contributed by atoms with van der Waals surface area (Å²) in [6.07, 6.45) is 5.92. The Bertz CT molecular complexity index is 479. The second kappa shape index (κ2) is 4.87. The Kier molecular flexibility index (Phi) is 3.21. The maximum absolute atomic E-state index is 12.6. The molecule has 0 bridgehead atoms. The van der Waals surface area contributed by atoms with Crippen molar-refractivity contribution < 1.29 is 4.79 Å². The average molecular weight is 258 g/mol. The summed E-state index contributed by atoms with van der Waals surface area (Å²) in [5.41, 5.74) is 2.30. The van der Waals surface area contributed by atoms with E-state index < -0.39 is 0 Å². The summed E-state index contributed by atoms with van der Waals surface area (Å²) >= 11 is 0. The van der Waals surface area contributed by atoms with Crippen LogP contribution in [0, 0.1) is 0 Å². The van der Waals surface area contributed by atoms with Crippen molar-refractivity contribution in [2.75, 3.05) is 16.8 Å². The van der Waals surface area contributed by atoms with Crippen molar-refractivity contribution in [1.82, 2.24) is 0 Å². The minimum absolute atomic E-state index is 0.0167. The van der Waals surface area contributed by atoms with Gasteiger partial charge in [-0.3, -0.25) is 4.79 Å². The van der Waals surface area contributed by atoms with Gasteiger partial charge >= 0.3 is 0 Å². The molecular weight excluding hydrogens is 236 g/mol. The minimum Gasteiger partial charge on any atom is -0.355 e. The normalized spacial score (nSPS) is 23.9. The van der Waals surface area contributed by atoms with Gasteiger partial charge in [-0.15, -0.1) is 0 Å². The summed E-state index contributed by atoms with van der Waals surface area (Å²) in [7, 11) is 1.90. The molecule has 3 nitrogen and oxygen atoms in total. The van der Waals surface area contributed by atoms with Crippen molar-refractivity contribution in [2.45, 2.75) is 51.1 Å². The summed E-state index contributed by atoms with van der Waals surface area (Å²) in [5, 5.41) is 0. The Labute approximate surface area is 115 Å². The summed E-state index contributed by atoms with van der Waals surface area (Å²) in [6.45, 7) is 2.12. The van der Waals surface area contributed by atoms with Gasteiger partial charge in [0.05, 0.1) is 11.4 Å². The first-order valence-electron chi connectivity index (χ1n) is 7.39. The van der Waals surface area contributed by atoms with E-state index in [2.05, 4.69) is 30.0 Å². The van der Waals surface area contributed by atoms with Crippen LogP contribution in [0.5, 0.6) is 0 Å². The minimum atomic E-state index is 0.0167. The number of likely N-dealkylation sites (N-methyl/N-ethyl adjacent to an activating group) is 1. The smallest absolute Gasteiger partial charge is 0.249 e. The predicted octanol–water partition coefficient (Wildman–Crippen LogP) is 3.19. The number of carbonyl (C=O) groups excluding carboxylic acids is 1. The molecule has 2 aliphatic rings. The van der Waals surface area contributed by atoms with Gasteiger partial charge in [-0.05, 0) is 31.4 Å². The van der Waals surface area contributed by atoms with Crippen molar-refractivity contribution >= 4 is 17.3 Å². The molecule has 0 radical (unpaired) electrons. The topological polar surface area (TPSA) is 23.6 Å². The highest BCUT2D eigenvalue weighted by atomic mass is 16.2. The van der Waals surface area contributed by atoms with Crippen LogP contribution < -0.4 is 9.80 Å². The fraction of sp³-hybridized carbons (Fsp3) is 0.562. The molecule has 3 rings (SSSR count). The molecule has 19 heavy (non-hydrogen) atoms. The van der Waals surface area contributed by atoms with E-state index in [4.69, 9.17) is 0 Å². The van der Waals surface area contributed by atoms with E-state index in [0.717, 1.165) is 12.1 Å². The highest BCUT2D eigenvalue weighted by Crippen LogP contribution is 2.40. The lowest BCUT2D eigenvalue weighted by atomic mass is 10.0. The zero-order valence-electron chi connectivity index (χ0n) is 11.8. The van der Waals surface area contributed by atoms with Crippen LogP contribution in [0.2, 0.25) is 0 Å². The fourth-order valence-electron chi connectivity index (χ4n) is 3.60. The number of benzene rings is 1. The summed E-state index contributed by atoms with van der Waals surface area (Å²) in [6, 6.07) is 8.88. The number of para-hydroxylation sites is 2. The van der Waals surface area contributed by atoms with Gasteiger partial charge in [0.1, 0.15) is 6.04 Å². The molecule has 1 aromatic carbocycles. The van der Waals surface area contributed by atoms with Crippen molar-refractivity contribution in [2.24, 2.45) is 0 Å². The van der Waals surface area contributed by atoms with Crippen molar-refractivity contribution in [3.05, 3.63) is 24.3 Å². The van der Waals surface area contributed by atoms with Crippen LogP contribution in [0.1, 0.15) is 39.0 Å². The van der Waals surface area contributed by atoms with E-state index in [0.29, 0.717) is 6.04 Å². The zero-order chi connectivity index (χ0) is 13.4. The molecule has 1 atom stereocenters. The standard InChI is InChI=1S/C16H22N2O/c1-3-13-16(19)17(2)14-10-6-7-11-15(14)18(13)12-8-4-5-9-12/h6-7,10-13H,3-5,8-9H2,1-2H3/t13-/m1/s1. The van der Waals surface area contributed by atoms with Crippen LogP contribution in [-0.2, 0) is 4.79 Å². The maximum Gasteiger partial charge on any atom is 0.249 e. The van der Waals surface area contributed by atoms with Gasteiger partial charge in [-0.25, -0.2) is 0 Å². The third kappa shape index (κ3) is 1.92. The zero-order valence-corrected chi connectivity index (χ0v) is 11.8. The Morgan fingerprint density at radius 3 is 2.42 bits per heavy atom. The van der Waals surface area contributed by atoms with Crippen LogP contribution in [0.15, 0.2) is 24.3 Å². The first kappa shape index (κ1) is 12.5. The molecule has 0 unspecified atom stereocenters.